The molecular weight excluding hydrogens is 388 g/mol. The van der Waals surface area contributed by atoms with E-state index in [2.05, 4.69) is 17.1 Å². The topological polar surface area (TPSA) is 58.6 Å². The molecule has 1 fully saturated rings. The van der Waals surface area contributed by atoms with Gasteiger partial charge in [0.05, 0.1) is 6.04 Å². The van der Waals surface area contributed by atoms with Gasteiger partial charge >= 0.3 is 0 Å². The average Bonchev–Trinajstić information content (AvgIpc) is 3.27. The fraction of sp³-hybridized carbons (Fsp3) is 0.435. The zero-order chi connectivity index (χ0) is 19.7. The lowest BCUT2D eigenvalue weighted by atomic mass is 9.97. The van der Waals surface area contributed by atoms with Crippen molar-refractivity contribution >= 4 is 29.3 Å². The lowest BCUT2D eigenvalue weighted by Crippen LogP contribution is -2.41. The second-order valence-corrected chi connectivity index (χ2v) is 7.95. The van der Waals surface area contributed by atoms with Gasteiger partial charge in [0.25, 0.3) is 5.91 Å². The highest BCUT2D eigenvalue weighted by Crippen LogP contribution is 2.28. The molecule has 2 aromatic heterocycles. The maximum Gasteiger partial charge on any atom is 0.287 e. The molecule has 29 heavy (non-hydrogen) atoms. The molecule has 1 N–H and O–H groups in total. The van der Waals surface area contributed by atoms with Gasteiger partial charge in [-0.2, -0.15) is 0 Å². The lowest BCUT2D eigenvalue weighted by molar-refractivity contribution is 0.0871. The van der Waals surface area contributed by atoms with E-state index >= 15 is 0 Å². The predicted molar refractivity (Wildman–Crippen MR) is 117 cm³/mol. The highest BCUT2D eigenvalue weighted by Gasteiger charge is 2.28. The van der Waals surface area contributed by atoms with Crippen LogP contribution in [0.25, 0.3) is 11.0 Å². The Labute approximate surface area is 177 Å². The lowest BCUT2D eigenvalue weighted by Gasteiger charge is -2.35. The van der Waals surface area contributed by atoms with Crippen LogP contribution in [0, 0.1) is 19.8 Å². The van der Waals surface area contributed by atoms with E-state index in [9.17, 15) is 4.79 Å². The molecule has 1 aromatic carbocycles. The first-order chi connectivity index (χ1) is 13.5. The van der Waals surface area contributed by atoms with Crippen LogP contribution in [0.4, 0.5) is 0 Å². The molecule has 6 heteroatoms. The number of para-hydroxylation sites is 1. The van der Waals surface area contributed by atoms with E-state index in [4.69, 9.17) is 8.83 Å². The molecule has 1 amide bonds. The van der Waals surface area contributed by atoms with E-state index in [1.165, 1.54) is 12.8 Å². The van der Waals surface area contributed by atoms with Gasteiger partial charge in [0, 0.05) is 17.5 Å². The Kier molecular flexibility index (Phi) is 6.70. The fourth-order valence-corrected chi connectivity index (χ4v) is 4.04. The Bertz CT molecular complexity index is 970. The summed E-state index contributed by atoms with van der Waals surface area (Å²) >= 11 is 0. The van der Waals surface area contributed by atoms with Crippen molar-refractivity contribution in [2.75, 3.05) is 19.6 Å². The fourth-order valence-electron chi connectivity index (χ4n) is 4.04. The Morgan fingerprint density at radius 1 is 1.14 bits per heavy atom. The molecule has 1 aliphatic rings. The number of piperidine rings is 1. The molecule has 3 heterocycles. The number of likely N-dealkylation sites (tertiary alicyclic amines) is 1. The minimum Gasteiger partial charge on any atom is -0.465 e. The van der Waals surface area contributed by atoms with Gasteiger partial charge in [-0.05, 0) is 63.9 Å². The number of hydrogen-bond donors (Lipinski definition) is 1. The van der Waals surface area contributed by atoms with Crippen LogP contribution in [0.3, 0.4) is 0 Å². The van der Waals surface area contributed by atoms with Gasteiger partial charge in [-0.15, -0.1) is 12.4 Å². The maximum absolute atomic E-state index is 12.9. The first kappa shape index (κ1) is 21.5. The van der Waals surface area contributed by atoms with Crippen LogP contribution >= 0.6 is 12.4 Å². The first-order valence-electron chi connectivity index (χ1n) is 10.1. The molecule has 0 saturated carbocycles. The summed E-state index contributed by atoms with van der Waals surface area (Å²) in [5, 5.41) is 4.07. The average molecular weight is 417 g/mol. The summed E-state index contributed by atoms with van der Waals surface area (Å²) in [5.74, 6) is 2.77. The number of hydrogen-bond acceptors (Lipinski definition) is 4. The van der Waals surface area contributed by atoms with Crippen molar-refractivity contribution in [3.8, 4) is 0 Å². The monoisotopic (exact) mass is 416 g/mol. The number of rotatable bonds is 5. The van der Waals surface area contributed by atoms with Crippen LogP contribution < -0.4 is 5.32 Å². The van der Waals surface area contributed by atoms with Crippen molar-refractivity contribution in [2.45, 2.75) is 39.7 Å². The van der Waals surface area contributed by atoms with Crippen molar-refractivity contribution < 1.29 is 13.6 Å². The molecule has 1 saturated heterocycles. The van der Waals surface area contributed by atoms with Gasteiger partial charge in [0.1, 0.15) is 17.1 Å². The van der Waals surface area contributed by atoms with Gasteiger partial charge in [-0.3, -0.25) is 9.69 Å². The zero-order valence-corrected chi connectivity index (χ0v) is 18.1. The van der Waals surface area contributed by atoms with Crippen molar-refractivity contribution in [1.29, 1.82) is 0 Å². The number of halogens is 1. The quantitative estimate of drug-likeness (QED) is 0.615. The number of carbonyl (C=O) groups excluding carboxylic acids is 1. The highest BCUT2D eigenvalue weighted by molar-refractivity contribution is 5.98. The second kappa shape index (κ2) is 9.06. The summed E-state index contributed by atoms with van der Waals surface area (Å²) in [6.07, 6.45) is 2.35. The Balaban J connectivity index is 0.00000240. The standard InChI is InChI=1S/C23H28N2O3.ClH/c1-15-10-12-25(13-11-15)19(21-9-8-16(2)27-21)14-24-23(26)22-17(3)18-6-4-5-7-20(18)28-22;/h4-9,15,19H,10-14H2,1-3H3,(H,24,26);1H. The van der Waals surface area contributed by atoms with Crippen LogP contribution in [0.1, 0.15) is 53.4 Å². The normalized spacial score (nSPS) is 16.5. The van der Waals surface area contributed by atoms with Crippen LogP contribution in [-0.2, 0) is 0 Å². The molecular formula is C23H29ClN2O3. The maximum atomic E-state index is 12.9. The van der Waals surface area contributed by atoms with E-state index in [1.807, 2.05) is 50.2 Å². The van der Waals surface area contributed by atoms with Crippen LogP contribution in [0.5, 0.6) is 0 Å². The summed E-state index contributed by atoms with van der Waals surface area (Å²) < 4.78 is 11.7. The van der Waals surface area contributed by atoms with Gasteiger partial charge in [0.15, 0.2) is 5.76 Å². The smallest absolute Gasteiger partial charge is 0.287 e. The van der Waals surface area contributed by atoms with Crippen molar-refractivity contribution in [2.24, 2.45) is 5.92 Å². The Morgan fingerprint density at radius 2 is 1.86 bits per heavy atom. The number of furan rings is 2. The number of nitrogens with zero attached hydrogens (tertiary/aromatic N) is 1. The molecule has 0 bridgehead atoms. The third-order valence-electron chi connectivity index (χ3n) is 5.85. The summed E-state index contributed by atoms with van der Waals surface area (Å²) in [5.41, 5.74) is 1.62. The summed E-state index contributed by atoms with van der Waals surface area (Å²) in [6, 6.07) is 11.8. The minimum atomic E-state index is -0.174. The Morgan fingerprint density at radius 3 is 2.52 bits per heavy atom. The van der Waals surface area contributed by atoms with Crippen LogP contribution in [-0.4, -0.2) is 30.4 Å². The zero-order valence-electron chi connectivity index (χ0n) is 17.2. The van der Waals surface area contributed by atoms with Crippen molar-refractivity contribution in [1.82, 2.24) is 10.2 Å². The number of aryl methyl sites for hydroxylation is 2. The second-order valence-electron chi connectivity index (χ2n) is 7.95. The first-order valence-corrected chi connectivity index (χ1v) is 10.1. The molecule has 156 valence electrons. The van der Waals surface area contributed by atoms with Crippen molar-refractivity contribution in [3.63, 3.8) is 0 Å². The van der Waals surface area contributed by atoms with Gasteiger partial charge in [-0.25, -0.2) is 0 Å². The molecule has 5 nitrogen and oxygen atoms in total. The SMILES string of the molecule is Cc1ccc(C(CNC(=O)c2oc3ccccc3c2C)N2CCC(C)CC2)o1.Cl. The molecule has 4 rings (SSSR count). The molecule has 1 aliphatic heterocycles. The van der Waals surface area contributed by atoms with Crippen LogP contribution in [0.2, 0.25) is 0 Å². The van der Waals surface area contributed by atoms with E-state index in [0.29, 0.717) is 12.3 Å². The highest BCUT2D eigenvalue weighted by atomic mass is 35.5. The summed E-state index contributed by atoms with van der Waals surface area (Å²) in [4.78, 5) is 15.3. The minimum absolute atomic E-state index is 0. The third-order valence-corrected chi connectivity index (χ3v) is 5.85. The van der Waals surface area contributed by atoms with E-state index < -0.39 is 0 Å². The van der Waals surface area contributed by atoms with E-state index in [-0.39, 0.29) is 24.4 Å². The Hall–Kier alpha value is -2.24. The number of nitrogens with one attached hydrogen (secondary N) is 1. The largest absolute Gasteiger partial charge is 0.465 e. The predicted octanol–water partition coefficient (Wildman–Crippen LogP) is 5.27. The molecule has 0 radical (unpaired) electrons. The van der Waals surface area contributed by atoms with Gasteiger partial charge in [-0.1, -0.05) is 25.1 Å². The number of carbonyl (C=O) groups is 1. The molecule has 0 aliphatic carbocycles. The third kappa shape index (κ3) is 4.51. The summed E-state index contributed by atoms with van der Waals surface area (Å²) in [7, 11) is 0. The van der Waals surface area contributed by atoms with Crippen molar-refractivity contribution in [3.05, 3.63) is 59.2 Å². The van der Waals surface area contributed by atoms with E-state index in [1.54, 1.807) is 0 Å². The molecule has 3 aromatic rings. The molecule has 0 spiro atoms. The number of benzene rings is 1. The van der Waals surface area contributed by atoms with Gasteiger partial charge in [0.2, 0.25) is 0 Å². The number of amides is 1. The van der Waals surface area contributed by atoms with Gasteiger partial charge < -0.3 is 14.2 Å². The molecule has 1 atom stereocenters. The summed E-state index contributed by atoms with van der Waals surface area (Å²) in [6.45, 7) is 8.72. The van der Waals surface area contributed by atoms with E-state index in [0.717, 1.165) is 47.1 Å². The molecule has 1 unspecified atom stereocenters. The van der Waals surface area contributed by atoms with Crippen LogP contribution in [0.15, 0.2) is 45.2 Å². The number of fused-ring (bicyclic) bond motifs is 1.